The number of nitrogens with zero attached hydrogens (tertiary/aromatic N) is 4. The van der Waals surface area contributed by atoms with Gasteiger partial charge in [-0.2, -0.15) is 10.4 Å². The molecular formula is C31H30ClN5O. The Bertz CT molecular complexity index is 1440. The van der Waals surface area contributed by atoms with Crippen LogP contribution in [0.5, 0.6) is 0 Å². The maximum atomic E-state index is 13.4. The van der Waals surface area contributed by atoms with Gasteiger partial charge in [-0.25, -0.2) is 4.68 Å². The summed E-state index contributed by atoms with van der Waals surface area (Å²) in [5.41, 5.74) is 4.08. The normalized spacial score (nSPS) is 15.3. The molecule has 4 aromatic rings. The van der Waals surface area contributed by atoms with E-state index in [2.05, 4.69) is 51.7 Å². The molecule has 0 amide bonds. The predicted molar refractivity (Wildman–Crippen MR) is 151 cm³/mol. The van der Waals surface area contributed by atoms with Gasteiger partial charge in [0.15, 0.2) is 5.69 Å². The summed E-state index contributed by atoms with van der Waals surface area (Å²) in [7, 11) is 0. The molecule has 3 aromatic carbocycles. The number of rotatable bonds is 9. The molecule has 0 aliphatic carbocycles. The second-order valence-electron chi connectivity index (χ2n) is 9.74. The van der Waals surface area contributed by atoms with Crippen LogP contribution in [0.3, 0.4) is 0 Å². The highest BCUT2D eigenvalue weighted by atomic mass is 35.5. The summed E-state index contributed by atoms with van der Waals surface area (Å²) < 4.78 is 1.64. The predicted octanol–water partition coefficient (Wildman–Crippen LogP) is 6.23. The zero-order chi connectivity index (χ0) is 26.5. The van der Waals surface area contributed by atoms with Gasteiger partial charge in [-0.1, -0.05) is 71.8 Å². The Labute approximate surface area is 228 Å². The van der Waals surface area contributed by atoms with Crippen molar-refractivity contribution < 1.29 is 4.79 Å². The molecule has 1 atom stereocenters. The molecule has 6 nitrogen and oxygen atoms in total. The first-order valence-electron chi connectivity index (χ1n) is 12.9. The molecule has 192 valence electrons. The average molecular weight is 524 g/mol. The smallest absolute Gasteiger partial charge is 0.214 e. The van der Waals surface area contributed by atoms with E-state index < -0.39 is 0 Å². The topological polar surface area (TPSA) is 74.0 Å². The molecule has 1 fully saturated rings. The summed E-state index contributed by atoms with van der Waals surface area (Å²) >= 11 is 6.10. The highest BCUT2D eigenvalue weighted by Crippen LogP contribution is 2.28. The Morgan fingerprint density at radius 2 is 1.82 bits per heavy atom. The van der Waals surface area contributed by atoms with Gasteiger partial charge in [0.25, 0.3) is 0 Å². The Kier molecular flexibility index (Phi) is 7.88. The van der Waals surface area contributed by atoms with E-state index in [1.54, 1.807) is 28.9 Å². The van der Waals surface area contributed by atoms with Crippen molar-refractivity contribution in [2.24, 2.45) is 0 Å². The Morgan fingerprint density at radius 3 is 2.53 bits per heavy atom. The van der Waals surface area contributed by atoms with Crippen molar-refractivity contribution in [3.8, 4) is 11.8 Å². The number of likely N-dealkylation sites (tertiary alicyclic amines) is 1. The molecule has 1 N–H and O–H groups in total. The summed E-state index contributed by atoms with van der Waals surface area (Å²) in [6.07, 6.45) is 2.07. The lowest BCUT2D eigenvalue weighted by Gasteiger charge is -2.17. The third-order valence-corrected chi connectivity index (χ3v) is 7.34. The second kappa shape index (κ2) is 11.6. The molecule has 1 aliphatic heterocycles. The maximum Gasteiger partial charge on any atom is 0.214 e. The highest BCUT2D eigenvalue weighted by Gasteiger charge is 2.26. The zero-order valence-corrected chi connectivity index (χ0v) is 22.2. The van der Waals surface area contributed by atoms with Crippen LogP contribution in [0.1, 0.15) is 51.5 Å². The fourth-order valence-electron chi connectivity index (χ4n) is 5.00. The summed E-state index contributed by atoms with van der Waals surface area (Å²) in [6, 6.07) is 27.4. The van der Waals surface area contributed by atoms with Crippen LogP contribution in [0.25, 0.3) is 5.69 Å². The maximum absolute atomic E-state index is 13.4. The number of anilines is 1. The number of aryl methyl sites for hydroxylation is 1. The van der Waals surface area contributed by atoms with Crippen molar-refractivity contribution in [1.82, 2.24) is 14.7 Å². The molecule has 0 saturated carbocycles. The van der Waals surface area contributed by atoms with Gasteiger partial charge in [0.05, 0.1) is 5.69 Å². The van der Waals surface area contributed by atoms with Crippen molar-refractivity contribution in [1.29, 1.82) is 5.26 Å². The summed E-state index contributed by atoms with van der Waals surface area (Å²) in [5, 5.41) is 18.7. The lowest BCUT2D eigenvalue weighted by atomic mass is 9.99. The Morgan fingerprint density at radius 1 is 1.08 bits per heavy atom. The van der Waals surface area contributed by atoms with E-state index >= 15 is 0 Å². The minimum absolute atomic E-state index is 0.138. The van der Waals surface area contributed by atoms with Gasteiger partial charge in [0.2, 0.25) is 5.78 Å². The minimum atomic E-state index is -0.277. The summed E-state index contributed by atoms with van der Waals surface area (Å²) in [6.45, 7) is 5.73. The number of nitrogens with one attached hydrogen (secondary N) is 1. The molecule has 2 heterocycles. The number of aromatic nitrogens is 2. The Hall–Kier alpha value is -3.92. The molecule has 1 aliphatic rings. The van der Waals surface area contributed by atoms with Gasteiger partial charge in [0.1, 0.15) is 17.5 Å². The standard InChI is InChI=1S/C31H30ClN5O/c1-22-8-10-24(11-9-22)30(38)29-28(20-33)31(37(35-29)27-14-12-26(32)13-15-27)34-17-5-18-36-19-16-25(21-36)23-6-3-2-4-7-23/h2-4,6-15,25,34H,5,16-19,21H2,1H3. The first-order chi connectivity index (χ1) is 18.5. The summed E-state index contributed by atoms with van der Waals surface area (Å²) in [5.74, 6) is 0.825. The number of benzene rings is 3. The van der Waals surface area contributed by atoms with Crippen molar-refractivity contribution in [2.75, 3.05) is 31.5 Å². The number of nitriles is 1. The number of hydrogen-bond acceptors (Lipinski definition) is 5. The third kappa shape index (κ3) is 5.65. The van der Waals surface area contributed by atoms with Gasteiger partial charge in [-0.15, -0.1) is 0 Å². The highest BCUT2D eigenvalue weighted by molar-refractivity contribution is 6.30. The number of hydrogen-bond donors (Lipinski definition) is 1. The number of carbonyl (C=O) groups is 1. The number of halogens is 1. The van der Waals surface area contributed by atoms with E-state index in [4.69, 9.17) is 11.6 Å². The fourth-order valence-corrected chi connectivity index (χ4v) is 5.13. The minimum Gasteiger partial charge on any atom is -0.369 e. The molecule has 1 aromatic heterocycles. The van der Waals surface area contributed by atoms with Gasteiger partial charge >= 0.3 is 0 Å². The van der Waals surface area contributed by atoms with E-state index in [1.165, 1.54) is 12.0 Å². The van der Waals surface area contributed by atoms with Crippen LogP contribution in [0.15, 0.2) is 78.9 Å². The average Bonchev–Trinajstić information content (AvgIpc) is 3.57. The van der Waals surface area contributed by atoms with E-state index in [1.807, 2.05) is 31.2 Å². The van der Waals surface area contributed by atoms with E-state index in [-0.39, 0.29) is 17.0 Å². The number of carbonyl (C=O) groups excluding carboxylic acids is 1. The van der Waals surface area contributed by atoms with Gasteiger partial charge < -0.3 is 10.2 Å². The van der Waals surface area contributed by atoms with Crippen LogP contribution in [0.4, 0.5) is 5.82 Å². The Balaban J connectivity index is 1.32. The molecule has 1 unspecified atom stereocenters. The van der Waals surface area contributed by atoms with Crippen molar-refractivity contribution in [2.45, 2.75) is 25.7 Å². The van der Waals surface area contributed by atoms with Crippen LogP contribution in [0.2, 0.25) is 5.02 Å². The zero-order valence-electron chi connectivity index (χ0n) is 21.4. The monoisotopic (exact) mass is 523 g/mol. The van der Waals surface area contributed by atoms with Gasteiger partial charge in [0, 0.05) is 23.7 Å². The molecule has 0 bridgehead atoms. The van der Waals surface area contributed by atoms with Crippen LogP contribution in [-0.2, 0) is 0 Å². The molecule has 0 spiro atoms. The molecule has 7 heteroatoms. The van der Waals surface area contributed by atoms with Crippen LogP contribution >= 0.6 is 11.6 Å². The second-order valence-corrected chi connectivity index (χ2v) is 10.2. The van der Waals surface area contributed by atoms with Gasteiger partial charge in [-0.05, 0) is 68.6 Å². The quantitative estimate of drug-likeness (QED) is 0.208. The summed E-state index contributed by atoms with van der Waals surface area (Å²) in [4.78, 5) is 15.9. The first kappa shape index (κ1) is 25.7. The third-order valence-electron chi connectivity index (χ3n) is 7.08. The van der Waals surface area contributed by atoms with E-state index in [0.717, 1.165) is 37.3 Å². The molecule has 0 radical (unpaired) electrons. The van der Waals surface area contributed by atoms with Crippen molar-refractivity contribution in [3.05, 3.63) is 112 Å². The molecule has 38 heavy (non-hydrogen) atoms. The molecule has 1 saturated heterocycles. The first-order valence-corrected chi connectivity index (χ1v) is 13.3. The molecule has 5 rings (SSSR count). The van der Waals surface area contributed by atoms with E-state index in [9.17, 15) is 10.1 Å². The van der Waals surface area contributed by atoms with Gasteiger partial charge in [-0.3, -0.25) is 4.79 Å². The SMILES string of the molecule is Cc1ccc(C(=O)c2nn(-c3ccc(Cl)cc3)c(NCCCN3CCC(c4ccccc4)C3)c2C#N)cc1. The van der Waals surface area contributed by atoms with Crippen molar-refractivity contribution >= 4 is 23.2 Å². The lowest BCUT2D eigenvalue weighted by Crippen LogP contribution is -2.23. The van der Waals surface area contributed by atoms with Crippen LogP contribution in [0, 0.1) is 18.3 Å². The van der Waals surface area contributed by atoms with Crippen molar-refractivity contribution in [3.63, 3.8) is 0 Å². The fraction of sp³-hybridized carbons (Fsp3) is 0.258. The number of ketones is 1. The molecular weight excluding hydrogens is 494 g/mol. The lowest BCUT2D eigenvalue weighted by molar-refractivity contribution is 0.103. The van der Waals surface area contributed by atoms with Crippen LogP contribution < -0.4 is 5.32 Å². The van der Waals surface area contributed by atoms with Crippen LogP contribution in [-0.4, -0.2) is 46.6 Å². The van der Waals surface area contributed by atoms with E-state index in [0.29, 0.717) is 28.9 Å². The largest absolute Gasteiger partial charge is 0.369 e.